The first-order chi connectivity index (χ1) is 23.5. The number of aromatic nitrogens is 1. The highest BCUT2D eigenvalue weighted by Gasteiger charge is 2.39. The summed E-state index contributed by atoms with van der Waals surface area (Å²) in [6.07, 6.45) is 0.807. The molecular weight excluding hydrogens is 648 g/mol. The van der Waals surface area contributed by atoms with Gasteiger partial charge in [-0.05, 0) is 35.1 Å². The van der Waals surface area contributed by atoms with E-state index in [4.69, 9.17) is 11.5 Å². The molecule has 0 spiro atoms. The summed E-state index contributed by atoms with van der Waals surface area (Å²) in [6.45, 7) is 1.88. The quantitative estimate of drug-likeness (QED) is 0.103. The number of nitrogens with one attached hydrogen (secondary N) is 2. The molecule has 0 saturated carbocycles. The Kier molecular flexibility index (Phi) is 11.2. The first kappa shape index (κ1) is 35.0. The van der Waals surface area contributed by atoms with E-state index in [1.54, 1.807) is 10.9 Å². The number of guanidine groups is 1. The number of nitrogens with two attached hydrogens (primary N) is 2. The third kappa shape index (κ3) is 8.59. The highest BCUT2D eigenvalue weighted by Crippen LogP contribution is 2.26. The molecule has 1 aromatic heterocycles. The van der Waals surface area contributed by atoms with E-state index < -0.39 is 47.9 Å². The van der Waals surface area contributed by atoms with Crippen LogP contribution in [0.3, 0.4) is 0 Å². The molecule has 14 nitrogen and oxygen atoms in total. The Morgan fingerprint density at radius 1 is 0.918 bits per heavy atom. The van der Waals surface area contributed by atoms with Gasteiger partial charge >= 0.3 is 5.97 Å². The van der Waals surface area contributed by atoms with Crippen LogP contribution in [0.2, 0.25) is 0 Å². The number of nitrogens with zero attached hydrogens (tertiary/aromatic N) is 4. The van der Waals surface area contributed by atoms with Crippen molar-refractivity contribution in [3.05, 3.63) is 87.4 Å². The number of thiazole rings is 1. The van der Waals surface area contributed by atoms with Gasteiger partial charge in [-0.15, -0.1) is 11.3 Å². The summed E-state index contributed by atoms with van der Waals surface area (Å²) in [7, 11) is 0. The summed E-state index contributed by atoms with van der Waals surface area (Å²) < 4.78 is 0. The number of amides is 4. The van der Waals surface area contributed by atoms with Gasteiger partial charge in [0.25, 0.3) is 0 Å². The van der Waals surface area contributed by atoms with Gasteiger partial charge in [0.2, 0.25) is 23.6 Å². The lowest BCUT2D eigenvalue weighted by atomic mass is 9.92. The van der Waals surface area contributed by atoms with Crippen molar-refractivity contribution in [3.63, 3.8) is 0 Å². The average molecular weight is 689 g/mol. The zero-order valence-electron chi connectivity index (χ0n) is 27.1. The summed E-state index contributed by atoms with van der Waals surface area (Å²) in [5, 5.41) is 17.5. The average Bonchev–Trinajstić information content (AvgIpc) is 3.60. The van der Waals surface area contributed by atoms with Crippen molar-refractivity contribution in [1.82, 2.24) is 25.4 Å². The van der Waals surface area contributed by atoms with Gasteiger partial charge in [0.1, 0.15) is 24.2 Å². The monoisotopic (exact) mass is 688 g/mol. The molecule has 3 heterocycles. The van der Waals surface area contributed by atoms with Gasteiger partial charge in [-0.3, -0.25) is 24.2 Å². The van der Waals surface area contributed by atoms with Gasteiger partial charge in [-0.2, -0.15) is 0 Å². The number of carboxylic acids is 1. The Labute approximate surface area is 287 Å². The lowest BCUT2D eigenvalue weighted by Crippen LogP contribution is -2.60. The van der Waals surface area contributed by atoms with E-state index in [9.17, 15) is 29.1 Å². The van der Waals surface area contributed by atoms with Crippen LogP contribution in [-0.4, -0.2) is 86.2 Å². The molecule has 7 N–H and O–H groups in total. The van der Waals surface area contributed by atoms with E-state index >= 15 is 0 Å². The van der Waals surface area contributed by atoms with E-state index in [-0.39, 0.29) is 57.2 Å². The molecule has 2 aliphatic heterocycles. The smallest absolute Gasteiger partial charge is 0.326 e. The summed E-state index contributed by atoms with van der Waals surface area (Å²) >= 11 is 1.33. The van der Waals surface area contributed by atoms with Crippen molar-refractivity contribution in [2.45, 2.75) is 76.3 Å². The number of fused-ring (bicyclic) bond motifs is 2. The number of aliphatic imine (C=N–C) groups is 1. The highest BCUT2D eigenvalue weighted by atomic mass is 32.1. The molecular formula is C34H40N8O6S. The van der Waals surface area contributed by atoms with Gasteiger partial charge in [0.05, 0.1) is 11.2 Å². The number of carboxylic acid groups (broad SMARTS) is 1. The third-order valence-electron chi connectivity index (χ3n) is 8.86. The maximum atomic E-state index is 14.2. The van der Waals surface area contributed by atoms with Gasteiger partial charge in [0, 0.05) is 51.2 Å². The Morgan fingerprint density at radius 2 is 1.53 bits per heavy atom. The van der Waals surface area contributed by atoms with Crippen LogP contribution in [0.4, 0.5) is 0 Å². The summed E-state index contributed by atoms with van der Waals surface area (Å²) in [4.78, 5) is 78.1. The second-order valence-corrected chi connectivity index (χ2v) is 12.9. The first-order valence-corrected chi connectivity index (χ1v) is 16.9. The van der Waals surface area contributed by atoms with Crippen LogP contribution in [0.15, 0.2) is 64.4 Å². The molecule has 49 heavy (non-hydrogen) atoms. The largest absolute Gasteiger partial charge is 0.480 e. The minimum Gasteiger partial charge on any atom is -0.480 e. The molecule has 0 fully saturated rings. The zero-order valence-corrected chi connectivity index (χ0v) is 27.9. The molecule has 15 heteroatoms. The molecule has 5 rings (SSSR count). The predicted molar refractivity (Wildman–Crippen MR) is 182 cm³/mol. The van der Waals surface area contributed by atoms with E-state index in [0.717, 1.165) is 22.3 Å². The van der Waals surface area contributed by atoms with Crippen LogP contribution < -0.4 is 22.1 Å². The third-order valence-corrected chi connectivity index (χ3v) is 9.50. The van der Waals surface area contributed by atoms with Crippen molar-refractivity contribution in [3.8, 4) is 0 Å². The van der Waals surface area contributed by atoms with E-state index in [1.165, 1.54) is 28.1 Å². The molecule has 2 aliphatic rings. The molecule has 3 aromatic rings. The summed E-state index contributed by atoms with van der Waals surface area (Å²) in [5.74, 6) is -3.32. The SMILES string of the molecule is CC(=O)N1Cc2ccccc2C[C@H]1C(=O)NC(Cc1cscn1)C(=O)N[C@@H](CCCN=C(N)N)C(=O)N1Cc2ccccc2C[C@H]1C(=O)O. The normalized spacial score (nSPS) is 17.9. The number of hydrogen-bond donors (Lipinski definition) is 5. The fraction of sp³-hybridized carbons (Fsp3) is 0.382. The topological polar surface area (TPSA) is 213 Å². The number of rotatable bonds is 12. The number of hydrogen-bond acceptors (Lipinski definition) is 8. The molecule has 4 amide bonds. The van der Waals surface area contributed by atoms with E-state index in [2.05, 4.69) is 20.6 Å². The molecule has 0 bridgehead atoms. The maximum absolute atomic E-state index is 14.2. The maximum Gasteiger partial charge on any atom is 0.326 e. The second kappa shape index (κ2) is 15.7. The number of carbonyl (C=O) groups excluding carboxylic acids is 4. The van der Waals surface area contributed by atoms with Crippen molar-refractivity contribution in [2.75, 3.05) is 6.54 Å². The fourth-order valence-corrected chi connectivity index (χ4v) is 6.89. The van der Waals surface area contributed by atoms with Gasteiger partial charge < -0.3 is 37.0 Å². The van der Waals surface area contributed by atoms with Gasteiger partial charge in [-0.1, -0.05) is 48.5 Å². The molecule has 0 saturated heterocycles. The Balaban J connectivity index is 1.39. The summed E-state index contributed by atoms with van der Waals surface area (Å²) in [5.41, 5.74) is 16.6. The van der Waals surface area contributed by atoms with Crippen molar-refractivity contribution < 1.29 is 29.1 Å². The number of carbonyl (C=O) groups is 5. The minimum atomic E-state index is -1.16. The van der Waals surface area contributed by atoms with Crippen LogP contribution in [0.5, 0.6) is 0 Å². The van der Waals surface area contributed by atoms with Gasteiger partial charge in [-0.25, -0.2) is 9.78 Å². The van der Waals surface area contributed by atoms with Crippen LogP contribution in [0.1, 0.15) is 47.7 Å². The molecule has 4 atom stereocenters. The first-order valence-electron chi connectivity index (χ1n) is 16.0. The van der Waals surface area contributed by atoms with Crippen molar-refractivity contribution in [2.24, 2.45) is 16.5 Å². The van der Waals surface area contributed by atoms with Crippen LogP contribution in [-0.2, 0) is 56.3 Å². The molecule has 0 radical (unpaired) electrons. The molecule has 0 aliphatic carbocycles. The van der Waals surface area contributed by atoms with Gasteiger partial charge in [0.15, 0.2) is 5.96 Å². The standard InChI is InChI=1S/C34H40N8O6S/c1-20(43)41-16-23-9-4-2-7-21(23)13-28(41)31(45)40-27(15-25-18-49-19-38-25)30(44)39-26(11-6-12-37-34(35)36)32(46)42-17-24-10-5-3-8-22(24)14-29(42)33(47)48/h2-5,7-10,18-19,26-29H,6,11-17H2,1H3,(H,39,44)(H,40,45)(H,47,48)(H4,35,36,37)/t26-,27?,28-,29-/m0/s1. The Bertz CT molecular complexity index is 1730. The lowest BCUT2D eigenvalue weighted by Gasteiger charge is -2.37. The molecule has 258 valence electrons. The second-order valence-electron chi connectivity index (χ2n) is 12.2. The number of aliphatic carboxylic acids is 1. The Morgan fingerprint density at radius 3 is 2.10 bits per heavy atom. The lowest BCUT2D eigenvalue weighted by molar-refractivity contribution is -0.153. The Hall–Kier alpha value is -5.31. The molecule has 1 unspecified atom stereocenters. The summed E-state index contributed by atoms with van der Waals surface area (Å²) in [6, 6.07) is 10.6. The highest BCUT2D eigenvalue weighted by molar-refractivity contribution is 7.07. The fourth-order valence-electron chi connectivity index (χ4n) is 6.32. The van der Waals surface area contributed by atoms with Crippen LogP contribution >= 0.6 is 11.3 Å². The molecule has 2 aromatic carbocycles. The predicted octanol–water partition coefficient (Wildman–Crippen LogP) is 0.720. The van der Waals surface area contributed by atoms with E-state index in [0.29, 0.717) is 12.1 Å². The van der Waals surface area contributed by atoms with Crippen LogP contribution in [0, 0.1) is 0 Å². The zero-order chi connectivity index (χ0) is 35.1. The van der Waals surface area contributed by atoms with Crippen molar-refractivity contribution >= 4 is 46.9 Å². The van der Waals surface area contributed by atoms with Crippen LogP contribution in [0.25, 0.3) is 0 Å². The van der Waals surface area contributed by atoms with Crippen molar-refractivity contribution in [1.29, 1.82) is 0 Å². The minimum absolute atomic E-state index is 0.0220. The van der Waals surface area contributed by atoms with E-state index in [1.807, 2.05) is 48.5 Å². The number of benzene rings is 2.